The number of hydrogen-bond acceptors (Lipinski definition) is 2. The smallest absolute Gasteiger partial charge is 0.221 e. The number of anilines is 1. The Kier molecular flexibility index (Phi) is 4.31. The lowest BCUT2D eigenvalue weighted by molar-refractivity contribution is -0.114. The van der Waals surface area contributed by atoms with Crippen LogP contribution in [0.5, 0.6) is 0 Å². The van der Waals surface area contributed by atoms with E-state index in [0.717, 1.165) is 18.8 Å². The summed E-state index contributed by atoms with van der Waals surface area (Å²) in [7, 11) is 2.02. The molecule has 1 rings (SSSR count). The zero-order chi connectivity index (χ0) is 11.3. The second-order valence-corrected chi connectivity index (χ2v) is 3.62. The van der Waals surface area contributed by atoms with E-state index in [1.54, 1.807) is 0 Å². The van der Waals surface area contributed by atoms with Crippen LogP contribution in [-0.4, -0.2) is 24.4 Å². The van der Waals surface area contributed by atoms with Crippen molar-refractivity contribution in [3.63, 3.8) is 0 Å². The van der Waals surface area contributed by atoms with E-state index in [0.29, 0.717) is 0 Å². The van der Waals surface area contributed by atoms with Crippen molar-refractivity contribution in [2.75, 3.05) is 18.9 Å². The highest BCUT2D eigenvalue weighted by atomic mass is 16.1. The molecule has 81 valence electrons. The largest absolute Gasteiger partial charge is 0.326 e. The van der Waals surface area contributed by atoms with Gasteiger partial charge in [-0.25, -0.2) is 0 Å². The van der Waals surface area contributed by atoms with Gasteiger partial charge >= 0.3 is 0 Å². The molecule has 0 heterocycles. The molecule has 0 aliphatic heterocycles. The average molecular weight is 205 g/mol. The van der Waals surface area contributed by atoms with Gasteiger partial charge in [-0.15, -0.1) is 0 Å². The topological polar surface area (TPSA) is 32.3 Å². The van der Waals surface area contributed by atoms with E-state index in [1.807, 2.05) is 31.3 Å². The summed E-state index contributed by atoms with van der Waals surface area (Å²) in [5.41, 5.74) is 2.05. The van der Waals surface area contributed by atoms with E-state index in [1.165, 1.54) is 12.5 Å². The molecule has 0 aliphatic rings. The van der Waals surface area contributed by atoms with Crippen LogP contribution in [0.15, 0.2) is 24.3 Å². The molecule has 0 fully saturated rings. The Balaban J connectivity index is 2.60. The van der Waals surface area contributed by atoms with Crippen molar-refractivity contribution < 1.29 is 4.79 Å². The highest BCUT2D eigenvalue weighted by Crippen LogP contribution is 2.10. The van der Waals surface area contributed by atoms with Gasteiger partial charge < -0.3 is 10.2 Å². The summed E-state index contributed by atoms with van der Waals surface area (Å²) in [5.74, 6) is -0.0439. The molecule has 0 unspecified atom stereocenters. The van der Waals surface area contributed by atoms with Gasteiger partial charge in [0.1, 0.15) is 0 Å². The minimum Gasteiger partial charge on any atom is -0.326 e. The molecule has 1 N–H and O–H groups in total. The Bertz CT molecular complexity index is 319. The molecular formula is C12H17N2O. The van der Waals surface area contributed by atoms with Crippen molar-refractivity contribution in [3.05, 3.63) is 36.8 Å². The summed E-state index contributed by atoms with van der Waals surface area (Å²) < 4.78 is 0. The molecule has 3 heteroatoms. The number of nitrogens with one attached hydrogen (secondary N) is 1. The number of hydrogen-bond donors (Lipinski definition) is 1. The second kappa shape index (κ2) is 5.51. The zero-order valence-corrected chi connectivity index (χ0v) is 9.29. The maximum atomic E-state index is 10.8. The fourth-order valence-electron chi connectivity index (χ4n) is 1.29. The first-order chi connectivity index (χ1) is 7.11. The van der Waals surface area contributed by atoms with Crippen LogP contribution in [0.3, 0.4) is 0 Å². The second-order valence-electron chi connectivity index (χ2n) is 3.62. The molecule has 0 atom stereocenters. The molecular weight excluding hydrogens is 188 g/mol. The van der Waals surface area contributed by atoms with E-state index >= 15 is 0 Å². The molecule has 0 spiro atoms. The van der Waals surface area contributed by atoms with Crippen molar-refractivity contribution in [1.82, 2.24) is 4.90 Å². The summed E-state index contributed by atoms with van der Waals surface area (Å²) in [6.45, 7) is 6.98. The van der Waals surface area contributed by atoms with Gasteiger partial charge in [-0.3, -0.25) is 4.79 Å². The highest BCUT2D eigenvalue weighted by Gasteiger charge is 1.98. The molecule has 0 bridgehead atoms. The number of carbonyl (C=O) groups excluding carboxylic acids is 1. The molecule has 0 aliphatic carbocycles. The van der Waals surface area contributed by atoms with Gasteiger partial charge in [0.15, 0.2) is 0 Å². The quantitative estimate of drug-likeness (QED) is 0.814. The standard InChI is InChI=1S/C12H17N2O/c1-4-14(3)9-11-5-7-12(8-6-11)13-10(2)15/h5-8H,1,4,9H2,2-3H3,(H,13,15). The summed E-state index contributed by atoms with van der Waals surface area (Å²) in [6, 6.07) is 7.84. The summed E-state index contributed by atoms with van der Waals surface area (Å²) in [6.07, 6.45) is 0. The molecule has 3 nitrogen and oxygen atoms in total. The SMILES string of the molecule is [CH2]CN(C)Cc1ccc(NC(C)=O)cc1. The third-order valence-electron chi connectivity index (χ3n) is 2.11. The number of amides is 1. The molecule has 1 amide bonds. The maximum Gasteiger partial charge on any atom is 0.221 e. The van der Waals surface area contributed by atoms with Crippen LogP contribution >= 0.6 is 0 Å². The van der Waals surface area contributed by atoms with Crippen molar-refractivity contribution in [2.24, 2.45) is 0 Å². The Labute approximate surface area is 91.1 Å². The van der Waals surface area contributed by atoms with Crippen LogP contribution in [0.4, 0.5) is 5.69 Å². The van der Waals surface area contributed by atoms with Crippen molar-refractivity contribution in [2.45, 2.75) is 13.5 Å². The monoisotopic (exact) mass is 205 g/mol. The van der Waals surface area contributed by atoms with Gasteiger partial charge in [-0.05, 0) is 38.2 Å². The Morgan fingerprint density at radius 1 is 1.40 bits per heavy atom. The van der Waals surface area contributed by atoms with E-state index in [9.17, 15) is 4.79 Å². The lowest BCUT2D eigenvalue weighted by Gasteiger charge is -2.13. The highest BCUT2D eigenvalue weighted by molar-refractivity contribution is 5.88. The number of carbonyl (C=O) groups is 1. The molecule has 15 heavy (non-hydrogen) atoms. The summed E-state index contributed by atoms with van der Waals surface area (Å²) in [4.78, 5) is 12.9. The lowest BCUT2D eigenvalue weighted by atomic mass is 10.2. The van der Waals surface area contributed by atoms with Gasteiger partial charge in [-0.1, -0.05) is 12.1 Å². The number of benzene rings is 1. The van der Waals surface area contributed by atoms with Gasteiger partial charge in [0.25, 0.3) is 0 Å². The Morgan fingerprint density at radius 3 is 2.47 bits per heavy atom. The third kappa shape index (κ3) is 4.13. The fourth-order valence-corrected chi connectivity index (χ4v) is 1.29. The van der Waals surface area contributed by atoms with Crippen LogP contribution < -0.4 is 5.32 Å². The van der Waals surface area contributed by atoms with Gasteiger partial charge in [-0.2, -0.15) is 0 Å². The Hall–Kier alpha value is -1.35. The summed E-state index contributed by atoms with van der Waals surface area (Å²) in [5, 5.41) is 2.73. The lowest BCUT2D eigenvalue weighted by Crippen LogP contribution is -2.16. The first-order valence-electron chi connectivity index (χ1n) is 4.96. The molecule has 1 aromatic rings. The van der Waals surface area contributed by atoms with Crippen LogP contribution in [0.25, 0.3) is 0 Å². The van der Waals surface area contributed by atoms with Gasteiger partial charge in [0.05, 0.1) is 0 Å². The third-order valence-corrected chi connectivity index (χ3v) is 2.11. The maximum absolute atomic E-state index is 10.8. The van der Waals surface area contributed by atoms with E-state index in [2.05, 4.69) is 17.1 Å². The first-order valence-corrected chi connectivity index (χ1v) is 4.96. The van der Waals surface area contributed by atoms with E-state index < -0.39 is 0 Å². The van der Waals surface area contributed by atoms with Crippen LogP contribution in [0.2, 0.25) is 0 Å². The molecule has 0 saturated heterocycles. The summed E-state index contributed by atoms with van der Waals surface area (Å²) >= 11 is 0. The van der Waals surface area contributed by atoms with E-state index in [4.69, 9.17) is 0 Å². The molecule has 1 aromatic carbocycles. The average Bonchev–Trinajstić information content (AvgIpc) is 2.20. The van der Waals surface area contributed by atoms with Crippen LogP contribution in [0, 0.1) is 6.92 Å². The van der Waals surface area contributed by atoms with Gasteiger partial charge in [0.2, 0.25) is 5.91 Å². The van der Waals surface area contributed by atoms with Crippen molar-refractivity contribution >= 4 is 11.6 Å². The first kappa shape index (κ1) is 11.7. The molecule has 1 radical (unpaired) electrons. The van der Waals surface area contributed by atoms with Crippen LogP contribution in [-0.2, 0) is 11.3 Å². The van der Waals surface area contributed by atoms with Crippen molar-refractivity contribution in [1.29, 1.82) is 0 Å². The molecule has 0 aromatic heterocycles. The van der Waals surface area contributed by atoms with Crippen LogP contribution in [0.1, 0.15) is 12.5 Å². The predicted molar refractivity (Wildman–Crippen MR) is 62.4 cm³/mol. The molecule has 0 saturated carbocycles. The van der Waals surface area contributed by atoms with Gasteiger partial charge in [0, 0.05) is 19.2 Å². The fraction of sp³-hybridized carbons (Fsp3) is 0.333. The predicted octanol–water partition coefficient (Wildman–Crippen LogP) is 1.91. The minimum atomic E-state index is -0.0439. The van der Waals surface area contributed by atoms with Crippen molar-refractivity contribution in [3.8, 4) is 0 Å². The van der Waals surface area contributed by atoms with E-state index in [-0.39, 0.29) is 5.91 Å². The number of nitrogens with zero attached hydrogens (tertiary/aromatic N) is 1. The normalized spacial score (nSPS) is 10.4. The zero-order valence-electron chi connectivity index (χ0n) is 9.29. The minimum absolute atomic E-state index is 0.0439. The Morgan fingerprint density at radius 2 is 2.00 bits per heavy atom. The number of rotatable bonds is 4.